The van der Waals surface area contributed by atoms with Crippen molar-refractivity contribution in [2.45, 2.75) is 17.7 Å². The van der Waals surface area contributed by atoms with Crippen molar-refractivity contribution in [1.82, 2.24) is 9.21 Å². The molecular weight excluding hydrogens is 408 g/mol. The Morgan fingerprint density at radius 1 is 1.20 bits per heavy atom. The SMILES string of the molecule is C=CCN(CC=C)C(=O)COC(=O)C1CCCN(S(=O)(=O)c2ccc(OC)cc2)C1. The van der Waals surface area contributed by atoms with Crippen LogP contribution in [0.15, 0.2) is 54.5 Å². The van der Waals surface area contributed by atoms with Crippen LogP contribution in [0.1, 0.15) is 12.8 Å². The van der Waals surface area contributed by atoms with Crippen LogP contribution in [0.3, 0.4) is 0 Å². The Morgan fingerprint density at radius 3 is 2.40 bits per heavy atom. The van der Waals surface area contributed by atoms with Gasteiger partial charge >= 0.3 is 5.97 Å². The molecule has 1 atom stereocenters. The zero-order valence-corrected chi connectivity index (χ0v) is 18.0. The molecule has 0 bridgehead atoms. The molecule has 164 valence electrons. The van der Waals surface area contributed by atoms with Gasteiger partial charge in [-0.15, -0.1) is 13.2 Å². The van der Waals surface area contributed by atoms with E-state index in [2.05, 4.69) is 13.2 Å². The topological polar surface area (TPSA) is 93.2 Å². The summed E-state index contributed by atoms with van der Waals surface area (Å²) < 4.78 is 37.3. The van der Waals surface area contributed by atoms with Crippen molar-refractivity contribution < 1.29 is 27.5 Å². The molecule has 0 aromatic heterocycles. The van der Waals surface area contributed by atoms with Gasteiger partial charge in [0, 0.05) is 26.2 Å². The quantitative estimate of drug-likeness (QED) is 0.410. The Morgan fingerprint density at radius 2 is 1.83 bits per heavy atom. The fourth-order valence-electron chi connectivity index (χ4n) is 3.18. The Labute approximate surface area is 177 Å². The number of nitrogens with zero attached hydrogens (tertiary/aromatic N) is 2. The predicted octanol–water partition coefficient (Wildman–Crippen LogP) is 1.84. The van der Waals surface area contributed by atoms with Crippen LogP contribution in [0, 0.1) is 5.92 Å². The van der Waals surface area contributed by atoms with E-state index in [-0.39, 0.29) is 17.3 Å². The van der Waals surface area contributed by atoms with Crippen molar-refractivity contribution in [3.63, 3.8) is 0 Å². The van der Waals surface area contributed by atoms with Crippen LogP contribution in [0.2, 0.25) is 0 Å². The minimum Gasteiger partial charge on any atom is -0.497 e. The minimum atomic E-state index is -3.74. The third kappa shape index (κ3) is 5.93. The summed E-state index contributed by atoms with van der Waals surface area (Å²) in [5.74, 6) is -0.996. The summed E-state index contributed by atoms with van der Waals surface area (Å²) in [6.07, 6.45) is 4.19. The molecule has 1 fully saturated rings. The standard InChI is InChI=1S/C21H28N2O6S/c1-4-12-22(13-5-2)20(24)16-29-21(25)17-7-6-14-23(15-17)30(26,27)19-10-8-18(28-3)9-11-19/h4-5,8-11,17H,1-2,6-7,12-16H2,3H3. The first-order chi connectivity index (χ1) is 14.3. The first kappa shape index (κ1) is 23.6. The van der Waals surface area contributed by atoms with E-state index < -0.39 is 28.5 Å². The number of sulfonamides is 1. The molecule has 1 aliphatic heterocycles. The predicted molar refractivity (Wildman–Crippen MR) is 112 cm³/mol. The van der Waals surface area contributed by atoms with Gasteiger partial charge in [0.2, 0.25) is 10.0 Å². The van der Waals surface area contributed by atoms with Gasteiger partial charge in [0.15, 0.2) is 6.61 Å². The number of hydrogen-bond donors (Lipinski definition) is 0. The third-order valence-electron chi connectivity index (χ3n) is 4.80. The van der Waals surface area contributed by atoms with Crippen LogP contribution in [0.25, 0.3) is 0 Å². The number of amides is 1. The van der Waals surface area contributed by atoms with Gasteiger partial charge in [-0.1, -0.05) is 12.2 Å². The summed E-state index contributed by atoms with van der Waals surface area (Å²) in [6, 6.07) is 6.10. The number of benzene rings is 1. The van der Waals surface area contributed by atoms with Gasteiger partial charge in [-0.2, -0.15) is 4.31 Å². The number of methoxy groups -OCH3 is 1. The molecule has 1 unspecified atom stereocenters. The highest BCUT2D eigenvalue weighted by atomic mass is 32.2. The van der Waals surface area contributed by atoms with Crippen molar-refractivity contribution >= 4 is 21.9 Å². The number of hydrogen-bond acceptors (Lipinski definition) is 6. The van der Waals surface area contributed by atoms with Crippen molar-refractivity contribution in [3.8, 4) is 5.75 Å². The molecule has 8 nitrogen and oxygen atoms in total. The second-order valence-electron chi connectivity index (χ2n) is 6.86. The van der Waals surface area contributed by atoms with Gasteiger partial charge in [0.25, 0.3) is 5.91 Å². The molecule has 30 heavy (non-hydrogen) atoms. The molecule has 1 aromatic carbocycles. The number of esters is 1. The summed E-state index contributed by atoms with van der Waals surface area (Å²) in [5.41, 5.74) is 0. The van der Waals surface area contributed by atoms with Gasteiger partial charge in [0.1, 0.15) is 5.75 Å². The molecule has 0 saturated carbocycles. The van der Waals surface area contributed by atoms with E-state index >= 15 is 0 Å². The maximum atomic E-state index is 12.9. The summed E-state index contributed by atoms with van der Waals surface area (Å²) in [5, 5.41) is 0. The first-order valence-electron chi connectivity index (χ1n) is 9.64. The second-order valence-corrected chi connectivity index (χ2v) is 8.80. The molecule has 0 N–H and O–H groups in total. The van der Waals surface area contributed by atoms with Crippen LogP contribution < -0.4 is 4.74 Å². The highest BCUT2D eigenvalue weighted by molar-refractivity contribution is 7.89. The lowest BCUT2D eigenvalue weighted by Crippen LogP contribution is -2.43. The van der Waals surface area contributed by atoms with E-state index in [1.807, 2.05) is 0 Å². The fourth-order valence-corrected chi connectivity index (χ4v) is 4.71. The molecule has 2 rings (SSSR count). The molecule has 0 radical (unpaired) electrons. The lowest BCUT2D eigenvalue weighted by atomic mass is 10.00. The number of rotatable bonds is 10. The smallest absolute Gasteiger partial charge is 0.310 e. The molecular formula is C21H28N2O6S. The van der Waals surface area contributed by atoms with E-state index in [0.29, 0.717) is 38.2 Å². The lowest BCUT2D eigenvalue weighted by Gasteiger charge is -2.30. The van der Waals surface area contributed by atoms with Crippen LogP contribution in [-0.4, -0.2) is 69.4 Å². The molecule has 1 heterocycles. The van der Waals surface area contributed by atoms with Gasteiger partial charge in [-0.3, -0.25) is 9.59 Å². The molecule has 1 aliphatic rings. The van der Waals surface area contributed by atoms with Crippen LogP contribution >= 0.6 is 0 Å². The maximum absolute atomic E-state index is 12.9. The minimum absolute atomic E-state index is 0.0183. The van der Waals surface area contributed by atoms with Gasteiger partial charge in [0.05, 0.1) is 17.9 Å². The van der Waals surface area contributed by atoms with Crippen LogP contribution in [0.5, 0.6) is 5.75 Å². The van der Waals surface area contributed by atoms with E-state index in [9.17, 15) is 18.0 Å². The summed E-state index contributed by atoms with van der Waals surface area (Å²) in [4.78, 5) is 26.3. The number of carbonyl (C=O) groups excluding carboxylic acids is 2. The van der Waals surface area contributed by atoms with Crippen molar-refractivity contribution in [1.29, 1.82) is 0 Å². The van der Waals surface area contributed by atoms with E-state index in [1.165, 1.54) is 28.4 Å². The van der Waals surface area contributed by atoms with Gasteiger partial charge in [-0.25, -0.2) is 8.42 Å². The molecule has 9 heteroatoms. The largest absolute Gasteiger partial charge is 0.497 e. The lowest BCUT2D eigenvalue weighted by molar-refractivity contribution is -0.156. The van der Waals surface area contributed by atoms with Gasteiger partial charge in [-0.05, 0) is 37.1 Å². The fraction of sp³-hybridized carbons (Fsp3) is 0.429. The Balaban J connectivity index is 1.99. The zero-order valence-electron chi connectivity index (χ0n) is 17.2. The molecule has 1 amide bonds. The summed E-state index contributed by atoms with van der Waals surface area (Å²) >= 11 is 0. The first-order valence-corrected chi connectivity index (χ1v) is 11.1. The Kier molecular flexibility index (Phi) is 8.61. The van der Waals surface area contributed by atoms with E-state index in [4.69, 9.17) is 9.47 Å². The summed E-state index contributed by atoms with van der Waals surface area (Å²) in [6.45, 7) is 7.77. The monoisotopic (exact) mass is 436 g/mol. The Bertz CT molecular complexity index is 856. The van der Waals surface area contributed by atoms with Crippen LogP contribution in [-0.2, 0) is 24.3 Å². The van der Waals surface area contributed by atoms with Gasteiger partial charge < -0.3 is 14.4 Å². The van der Waals surface area contributed by atoms with Crippen molar-refractivity contribution in [2.24, 2.45) is 5.92 Å². The maximum Gasteiger partial charge on any atom is 0.310 e. The molecule has 1 saturated heterocycles. The highest BCUT2D eigenvalue weighted by Gasteiger charge is 2.34. The zero-order chi connectivity index (χ0) is 22.1. The van der Waals surface area contributed by atoms with Crippen molar-refractivity contribution in [2.75, 3.05) is 39.9 Å². The number of ether oxygens (including phenoxy) is 2. The highest BCUT2D eigenvalue weighted by Crippen LogP contribution is 2.25. The average molecular weight is 437 g/mol. The van der Waals surface area contributed by atoms with E-state index in [1.54, 1.807) is 24.3 Å². The third-order valence-corrected chi connectivity index (χ3v) is 6.68. The number of carbonyl (C=O) groups is 2. The Hall–Kier alpha value is -2.65. The molecule has 1 aromatic rings. The van der Waals surface area contributed by atoms with E-state index in [0.717, 1.165) is 0 Å². The number of piperidine rings is 1. The average Bonchev–Trinajstić information content (AvgIpc) is 2.77. The van der Waals surface area contributed by atoms with Crippen LogP contribution in [0.4, 0.5) is 0 Å². The second kappa shape index (κ2) is 10.9. The van der Waals surface area contributed by atoms with Crippen molar-refractivity contribution in [3.05, 3.63) is 49.6 Å². The summed E-state index contributed by atoms with van der Waals surface area (Å²) in [7, 11) is -2.24. The molecule has 0 spiro atoms. The molecule has 0 aliphatic carbocycles. The normalized spacial score (nSPS) is 17.0.